The van der Waals surface area contributed by atoms with Gasteiger partial charge in [0.25, 0.3) is 5.56 Å². The number of benzene rings is 1. The predicted octanol–water partition coefficient (Wildman–Crippen LogP) is 1.46. The molecule has 0 saturated carbocycles. The lowest BCUT2D eigenvalue weighted by molar-refractivity contribution is 0.198. The molecule has 0 spiro atoms. The number of aromatic nitrogens is 2. The Morgan fingerprint density at radius 2 is 2.05 bits per heavy atom. The van der Waals surface area contributed by atoms with E-state index in [0.717, 1.165) is 0 Å². The Morgan fingerprint density at radius 1 is 1.30 bits per heavy atom. The van der Waals surface area contributed by atoms with Gasteiger partial charge in [0.1, 0.15) is 5.02 Å². The van der Waals surface area contributed by atoms with Crippen LogP contribution in [0.3, 0.4) is 0 Å². The third-order valence-corrected chi connectivity index (χ3v) is 3.76. The van der Waals surface area contributed by atoms with Crippen molar-refractivity contribution < 1.29 is 5.11 Å². The molecule has 1 saturated heterocycles. The molecule has 3 rings (SSSR count). The summed E-state index contributed by atoms with van der Waals surface area (Å²) in [6.45, 7) is 1.16. The van der Waals surface area contributed by atoms with Crippen LogP contribution in [0.25, 0.3) is 5.69 Å². The molecule has 6 heteroatoms. The Balaban J connectivity index is 2.02. The second-order valence-electron chi connectivity index (χ2n) is 4.78. The highest BCUT2D eigenvalue weighted by Gasteiger charge is 2.24. The fourth-order valence-electron chi connectivity index (χ4n) is 2.36. The molecular weight excluding hydrogens is 278 g/mol. The number of β-amino-alcohol motifs (C(OH)–C–C–N with tert-alkyl or cyclic N) is 1. The number of aliphatic hydroxyl groups excluding tert-OH is 1. The largest absolute Gasteiger partial charge is 0.391 e. The zero-order valence-corrected chi connectivity index (χ0v) is 11.5. The molecule has 5 nitrogen and oxygen atoms in total. The zero-order valence-electron chi connectivity index (χ0n) is 10.7. The van der Waals surface area contributed by atoms with Gasteiger partial charge in [-0.3, -0.25) is 4.79 Å². The van der Waals surface area contributed by atoms with Crippen LogP contribution < -0.4 is 10.5 Å². The minimum Gasteiger partial charge on any atom is -0.391 e. The molecule has 1 fully saturated rings. The van der Waals surface area contributed by atoms with Gasteiger partial charge in [0.05, 0.1) is 23.7 Å². The second-order valence-corrected chi connectivity index (χ2v) is 5.16. The van der Waals surface area contributed by atoms with Gasteiger partial charge in [0, 0.05) is 13.1 Å². The van der Waals surface area contributed by atoms with Crippen molar-refractivity contribution in [2.45, 2.75) is 12.5 Å². The third kappa shape index (κ3) is 2.30. The Kier molecular flexibility index (Phi) is 3.46. The lowest BCUT2D eigenvalue weighted by Gasteiger charge is -2.19. The van der Waals surface area contributed by atoms with Gasteiger partial charge in [0.15, 0.2) is 0 Å². The molecule has 2 aromatic rings. The molecule has 0 bridgehead atoms. The van der Waals surface area contributed by atoms with Crippen LogP contribution in [0.5, 0.6) is 0 Å². The number of para-hydroxylation sites is 1. The first-order valence-corrected chi connectivity index (χ1v) is 6.81. The molecular formula is C14H14ClN3O2. The maximum absolute atomic E-state index is 12.3. The molecule has 0 radical (unpaired) electrons. The van der Waals surface area contributed by atoms with Gasteiger partial charge < -0.3 is 10.0 Å². The van der Waals surface area contributed by atoms with Crippen LogP contribution in [0, 0.1) is 0 Å². The van der Waals surface area contributed by atoms with Crippen LogP contribution in [0.2, 0.25) is 5.02 Å². The summed E-state index contributed by atoms with van der Waals surface area (Å²) >= 11 is 6.18. The molecule has 1 N–H and O–H groups in total. The summed E-state index contributed by atoms with van der Waals surface area (Å²) in [5.74, 6) is 0. The molecule has 1 aromatic carbocycles. The van der Waals surface area contributed by atoms with Crippen LogP contribution in [0.1, 0.15) is 6.42 Å². The molecule has 20 heavy (non-hydrogen) atoms. The second kappa shape index (κ2) is 5.26. The normalized spacial score (nSPS) is 18.5. The van der Waals surface area contributed by atoms with Gasteiger partial charge >= 0.3 is 0 Å². The molecule has 2 heterocycles. The summed E-state index contributed by atoms with van der Waals surface area (Å²) in [7, 11) is 0. The average molecular weight is 292 g/mol. The van der Waals surface area contributed by atoms with Gasteiger partial charge in [-0.05, 0) is 18.6 Å². The average Bonchev–Trinajstić information content (AvgIpc) is 2.89. The third-order valence-electron chi connectivity index (χ3n) is 3.41. The summed E-state index contributed by atoms with van der Waals surface area (Å²) in [4.78, 5) is 14.2. The van der Waals surface area contributed by atoms with E-state index in [1.54, 1.807) is 18.3 Å². The van der Waals surface area contributed by atoms with Crippen molar-refractivity contribution in [2.24, 2.45) is 0 Å². The van der Waals surface area contributed by atoms with Crippen LogP contribution in [0.15, 0.2) is 41.3 Å². The summed E-state index contributed by atoms with van der Waals surface area (Å²) in [6.07, 6.45) is 1.88. The Hall–Kier alpha value is -1.85. The number of hydrogen-bond acceptors (Lipinski definition) is 4. The lowest BCUT2D eigenvalue weighted by atomic mass is 10.3. The van der Waals surface area contributed by atoms with Crippen molar-refractivity contribution in [1.82, 2.24) is 9.78 Å². The van der Waals surface area contributed by atoms with E-state index in [1.165, 1.54) is 4.68 Å². The number of anilines is 1. The molecule has 0 amide bonds. The quantitative estimate of drug-likeness (QED) is 0.910. The predicted molar refractivity (Wildman–Crippen MR) is 77.7 cm³/mol. The first kappa shape index (κ1) is 13.1. The van der Waals surface area contributed by atoms with E-state index in [9.17, 15) is 9.90 Å². The first-order valence-electron chi connectivity index (χ1n) is 6.43. The number of nitrogens with zero attached hydrogens (tertiary/aromatic N) is 3. The van der Waals surface area contributed by atoms with E-state index >= 15 is 0 Å². The number of hydrogen-bond donors (Lipinski definition) is 1. The molecule has 1 aromatic heterocycles. The van der Waals surface area contributed by atoms with E-state index in [4.69, 9.17) is 11.6 Å². The van der Waals surface area contributed by atoms with E-state index in [2.05, 4.69) is 5.10 Å². The maximum atomic E-state index is 12.3. The van der Waals surface area contributed by atoms with Crippen molar-refractivity contribution >= 4 is 17.3 Å². The molecule has 1 aliphatic rings. The van der Waals surface area contributed by atoms with Gasteiger partial charge in [-0.25, -0.2) is 0 Å². The standard InChI is InChI=1S/C14H14ClN3O2/c15-13-12(17-7-6-11(19)9-17)8-16-18(14(13)20)10-4-2-1-3-5-10/h1-5,8,11,19H,6-7,9H2/t11-/m0/s1. The van der Waals surface area contributed by atoms with Crippen molar-refractivity contribution in [2.75, 3.05) is 18.0 Å². The van der Waals surface area contributed by atoms with Gasteiger partial charge in [-0.2, -0.15) is 9.78 Å². The smallest absolute Gasteiger partial charge is 0.292 e. The molecule has 1 aliphatic heterocycles. The Morgan fingerprint density at radius 3 is 2.70 bits per heavy atom. The van der Waals surface area contributed by atoms with Crippen LogP contribution in [-0.2, 0) is 0 Å². The highest BCUT2D eigenvalue weighted by molar-refractivity contribution is 6.33. The van der Waals surface area contributed by atoms with Crippen molar-refractivity contribution in [3.63, 3.8) is 0 Å². The minimum atomic E-state index is -0.373. The highest BCUT2D eigenvalue weighted by Crippen LogP contribution is 2.25. The van der Waals surface area contributed by atoms with Crippen molar-refractivity contribution in [3.8, 4) is 5.69 Å². The first-order chi connectivity index (χ1) is 9.66. The van der Waals surface area contributed by atoms with Gasteiger partial charge in [0.2, 0.25) is 0 Å². The van der Waals surface area contributed by atoms with Crippen LogP contribution in [-0.4, -0.2) is 34.1 Å². The molecule has 104 valence electrons. The summed E-state index contributed by atoms with van der Waals surface area (Å²) in [5.41, 5.74) is 0.907. The highest BCUT2D eigenvalue weighted by atomic mass is 35.5. The number of aliphatic hydroxyl groups is 1. The van der Waals surface area contributed by atoms with E-state index in [0.29, 0.717) is 30.9 Å². The summed E-state index contributed by atoms with van der Waals surface area (Å²) in [6, 6.07) is 9.13. The fourth-order valence-corrected chi connectivity index (χ4v) is 2.61. The van der Waals surface area contributed by atoms with Gasteiger partial charge in [-0.15, -0.1) is 0 Å². The van der Waals surface area contributed by atoms with Gasteiger partial charge in [-0.1, -0.05) is 29.8 Å². The molecule has 0 aliphatic carbocycles. The Labute approximate surface area is 121 Å². The van der Waals surface area contributed by atoms with Crippen LogP contribution in [0.4, 0.5) is 5.69 Å². The zero-order chi connectivity index (χ0) is 14.1. The fraction of sp³-hybridized carbons (Fsp3) is 0.286. The Bertz CT molecular complexity index is 672. The van der Waals surface area contributed by atoms with Crippen molar-refractivity contribution in [1.29, 1.82) is 0 Å². The van der Waals surface area contributed by atoms with Crippen LogP contribution >= 0.6 is 11.6 Å². The van der Waals surface area contributed by atoms with E-state index < -0.39 is 0 Å². The monoisotopic (exact) mass is 291 g/mol. The van der Waals surface area contributed by atoms with E-state index in [-0.39, 0.29) is 16.7 Å². The topological polar surface area (TPSA) is 58.4 Å². The maximum Gasteiger partial charge on any atom is 0.292 e. The van der Waals surface area contributed by atoms with E-state index in [1.807, 2.05) is 23.1 Å². The minimum absolute atomic E-state index is 0.137. The summed E-state index contributed by atoms with van der Waals surface area (Å²) in [5, 5.41) is 13.9. The number of halogens is 1. The molecule has 1 atom stereocenters. The molecule has 0 unspecified atom stereocenters. The SMILES string of the molecule is O=c1c(Cl)c(N2CC[C@H](O)C2)cnn1-c1ccccc1. The lowest BCUT2D eigenvalue weighted by Crippen LogP contribution is -2.28. The van der Waals surface area contributed by atoms with Crippen molar-refractivity contribution in [3.05, 3.63) is 51.9 Å². The summed E-state index contributed by atoms with van der Waals surface area (Å²) < 4.78 is 1.28. The number of rotatable bonds is 2.